The van der Waals surface area contributed by atoms with E-state index in [0.29, 0.717) is 0 Å². The summed E-state index contributed by atoms with van der Waals surface area (Å²) in [5.74, 6) is 0. The molecule has 2 heteroatoms. The zero-order valence-electron chi connectivity index (χ0n) is 21.5. The van der Waals surface area contributed by atoms with E-state index in [-0.39, 0.29) is 13.5 Å². The van der Waals surface area contributed by atoms with E-state index in [1.165, 1.54) is 28.1 Å². The summed E-state index contributed by atoms with van der Waals surface area (Å²) in [7, 11) is 2.17. The molecule has 0 N–H and O–H groups in total. The predicted molar refractivity (Wildman–Crippen MR) is 159 cm³/mol. The standard InChI is InChI=1S/C27H28N2.C3H6.C2H6.CH4/c1-21-13-16-23(17-14-21)18-15-22(2)29(24-9-5-4-6-10-24)27-19-20-28(3)26-12-8-7-11-25(26)27;1-3-2;1-2;/h4-18,27H,2,19-20H2,1,3H3;3H,1H2,2H3;1-2H3;1H4/b18-15+;;;. The first-order valence-corrected chi connectivity index (χ1v) is 12.2. The van der Waals surface area contributed by atoms with Crippen LogP contribution in [0, 0.1) is 6.92 Å². The molecule has 1 aliphatic heterocycles. The number of fused-ring (bicyclic) bond motifs is 1. The van der Waals surface area contributed by atoms with Crippen LogP contribution in [-0.2, 0) is 0 Å². The van der Waals surface area contributed by atoms with Crippen LogP contribution in [-0.4, -0.2) is 13.6 Å². The molecule has 0 aliphatic carbocycles. The molecule has 0 radical (unpaired) electrons. The number of anilines is 2. The van der Waals surface area contributed by atoms with E-state index >= 15 is 0 Å². The Kier molecular flexibility index (Phi) is 13.0. The molecule has 1 heterocycles. The maximum absolute atomic E-state index is 4.46. The topological polar surface area (TPSA) is 6.48 Å². The summed E-state index contributed by atoms with van der Waals surface area (Å²) >= 11 is 0. The Bertz CT molecular complexity index is 1050. The summed E-state index contributed by atoms with van der Waals surface area (Å²) in [5.41, 5.74) is 7.30. The van der Waals surface area contributed by atoms with Gasteiger partial charge in [0.05, 0.1) is 6.04 Å². The molecule has 4 rings (SSSR count). The van der Waals surface area contributed by atoms with Crippen molar-refractivity contribution in [3.63, 3.8) is 0 Å². The third-order valence-corrected chi connectivity index (χ3v) is 5.65. The first-order valence-electron chi connectivity index (χ1n) is 12.2. The first-order chi connectivity index (χ1) is 16.5. The van der Waals surface area contributed by atoms with Crippen LogP contribution in [0.3, 0.4) is 0 Å². The van der Waals surface area contributed by atoms with Crippen molar-refractivity contribution in [2.45, 2.75) is 47.6 Å². The van der Waals surface area contributed by atoms with Crippen LogP contribution in [0.1, 0.15) is 57.4 Å². The Labute approximate surface area is 214 Å². The summed E-state index contributed by atoms with van der Waals surface area (Å²) in [6.07, 6.45) is 7.09. The van der Waals surface area contributed by atoms with E-state index in [1.54, 1.807) is 6.08 Å². The van der Waals surface area contributed by atoms with Crippen molar-refractivity contribution in [2.75, 3.05) is 23.4 Å². The highest BCUT2D eigenvalue weighted by Gasteiger charge is 2.29. The number of para-hydroxylation sites is 2. The largest absolute Gasteiger partial charge is 0.374 e. The second-order valence-corrected chi connectivity index (χ2v) is 8.13. The van der Waals surface area contributed by atoms with Crippen molar-refractivity contribution in [2.24, 2.45) is 0 Å². The monoisotopic (exact) mass is 468 g/mol. The Morgan fingerprint density at radius 3 is 2.14 bits per heavy atom. The molecule has 3 aromatic rings. The molecular formula is C33H44N2. The number of allylic oxidation sites excluding steroid dienone is 2. The summed E-state index contributed by atoms with van der Waals surface area (Å²) in [5, 5.41) is 0. The molecule has 0 fully saturated rings. The number of aryl methyl sites for hydroxylation is 1. The molecule has 1 aliphatic rings. The molecular weight excluding hydrogens is 424 g/mol. The van der Waals surface area contributed by atoms with Gasteiger partial charge >= 0.3 is 0 Å². The van der Waals surface area contributed by atoms with Crippen LogP contribution >= 0.6 is 0 Å². The minimum atomic E-state index is 0. The summed E-state index contributed by atoms with van der Waals surface area (Å²) < 4.78 is 0. The molecule has 0 saturated carbocycles. The first kappa shape index (κ1) is 29.5. The quantitative estimate of drug-likeness (QED) is 0.272. The Balaban J connectivity index is 0.000000950. The number of nitrogens with zero attached hydrogens (tertiary/aromatic N) is 2. The number of hydrogen-bond donors (Lipinski definition) is 0. The van der Waals surface area contributed by atoms with Gasteiger partial charge in [-0.15, -0.1) is 6.58 Å². The molecule has 0 bridgehead atoms. The third-order valence-electron chi connectivity index (χ3n) is 5.65. The Morgan fingerprint density at radius 2 is 1.51 bits per heavy atom. The van der Waals surface area contributed by atoms with Crippen LogP contribution in [0.2, 0.25) is 0 Å². The van der Waals surface area contributed by atoms with Crippen LogP contribution in [0.15, 0.2) is 110 Å². The van der Waals surface area contributed by atoms with Crippen LogP contribution < -0.4 is 9.80 Å². The highest BCUT2D eigenvalue weighted by Crippen LogP contribution is 2.40. The van der Waals surface area contributed by atoms with Gasteiger partial charge in [-0.2, -0.15) is 0 Å². The Morgan fingerprint density at radius 1 is 0.943 bits per heavy atom. The molecule has 2 nitrogen and oxygen atoms in total. The smallest absolute Gasteiger partial charge is 0.0628 e. The van der Waals surface area contributed by atoms with E-state index < -0.39 is 0 Å². The van der Waals surface area contributed by atoms with Gasteiger partial charge in [-0.3, -0.25) is 0 Å². The fourth-order valence-corrected chi connectivity index (χ4v) is 4.06. The van der Waals surface area contributed by atoms with Crippen LogP contribution in [0.5, 0.6) is 0 Å². The van der Waals surface area contributed by atoms with Crippen LogP contribution in [0.4, 0.5) is 11.4 Å². The minimum Gasteiger partial charge on any atom is -0.374 e. The average molecular weight is 469 g/mol. The molecule has 186 valence electrons. The fourth-order valence-electron chi connectivity index (χ4n) is 4.06. The van der Waals surface area contributed by atoms with E-state index in [1.807, 2.05) is 20.8 Å². The summed E-state index contributed by atoms with van der Waals surface area (Å²) in [4.78, 5) is 4.73. The van der Waals surface area contributed by atoms with Gasteiger partial charge in [0.2, 0.25) is 0 Å². The van der Waals surface area contributed by atoms with Crippen molar-refractivity contribution in [3.05, 3.63) is 127 Å². The minimum absolute atomic E-state index is 0. The molecule has 1 atom stereocenters. The summed E-state index contributed by atoms with van der Waals surface area (Å²) in [6.45, 7) is 16.8. The van der Waals surface area contributed by atoms with E-state index in [2.05, 4.69) is 128 Å². The molecule has 35 heavy (non-hydrogen) atoms. The molecule has 1 unspecified atom stereocenters. The van der Waals surface area contributed by atoms with Crippen LogP contribution in [0.25, 0.3) is 6.08 Å². The van der Waals surface area contributed by atoms with E-state index in [9.17, 15) is 0 Å². The number of rotatable bonds is 5. The van der Waals surface area contributed by atoms with Gasteiger partial charge in [0.15, 0.2) is 0 Å². The van der Waals surface area contributed by atoms with Gasteiger partial charge in [0, 0.05) is 30.7 Å². The zero-order chi connectivity index (χ0) is 24.9. The second kappa shape index (κ2) is 15.4. The maximum Gasteiger partial charge on any atom is 0.0628 e. The number of hydrogen-bond acceptors (Lipinski definition) is 2. The van der Waals surface area contributed by atoms with E-state index in [4.69, 9.17) is 0 Å². The highest BCUT2D eigenvalue weighted by molar-refractivity contribution is 5.65. The van der Waals surface area contributed by atoms with Gasteiger partial charge in [0.1, 0.15) is 0 Å². The second-order valence-electron chi connectivity index (χ2n) is 8.13. The van der Waals surface area contributed by atoms with E-state index in [0.717, 1.165) is 18.7 Å². The lowest BCUT2D eigenvalue weighted by molar-refractivity contribution is 0.589. The van der Waals surface area contributed by atoms with Gasteiger partial charge in [-0.1, -0.05) is 106 Å². The zero-order valence-corrected chi connectivity index (χ0v) is 21.5. The lowest BCUT2D eigenvalue weighted by atomic mass is 9.94. The molecule has 3 aromatic carbocycles. The third kappa shape index (κ3) is 8.03. The number of benzene rings is 3. The van der Waals surface area contributed by atoms with Gasteiger partial charge in [0.25, 0.3) is 0 Å². The fraction of sp³-hybridized carbons (Fsp3) is 0.273. The lowest BCUT2D eigenvalue weighted by Gasteiger charge is -2.41. The normalized spacial score (nSPS) is 13.7. The molecule has 0 aromatic heterocycles. The van der Waals surface area contributed by atoms with Crippen molar-refractivity contribution in [1.29, 1.82) is 0 Å². The predicted octanol–water partition coefficient (Wildman–Crippen LogP) is 9.46. The maximum atomic E-state index is 4.46. The Hall–Kier alpha value is -3.52. The average Bonchev–Trinajstić information content (AvgIpc) is 2.88. The molecule has 0 spiro atoms. The molecule has 0 saturated heterocycles. The van der Waals surface area contributed by atoms with Crippen molar-refractivity contribution < 1.29 is 0 Å². The highest BCUT2D eigenvalue weighted by atomic mass is 15.2. The van der Waals surface area contributed by atoms with Gasteiger partial charge in [-0.25, -0.2) is 0 Å². The SMILES string of the molecule is C.C=C(/C=C/c1ccc(C)cc1)N(c1ccccc1)C1CCN(C)c2ccccc21.C=CC.CC. The van der Waals surface area contributed by atoms with Gasteiger partial charge < -0.3 is 9.80 Å². The van der Waals surface area contributed by atoms with Gasteiger partial charge in [-0.05, 0) is 55.7 Å². The van der Waals surface area contributed by atoms with Crippen molar-refractivity contribution in [1.82, 2.24) is 0 Å². The van der Waals surface area contributed by atoms with Crippen molar-refractivity contribution >= 4 is 17.5 Å². The van der Waals surface area contributed by atoms with Crippen molar-refractivity contribution in [3.8, 4) is 0 Å². The molecule has 0 amide bonds. The lowest BCUT2D eigenvalue weighted by Crippen LogP contribution is -2.35. The summed E-state index contributed by atoms with van der Waals surface area (Å²) in [6, 6.07) is 28.2.